The third-order valence-corrected chi connectivity index (χ3v) is 4.44. The Hall–Kier alpha value is -0.380. The van der Waals surface area contributed by atoms with Crippen molar-refractivity contribution in [3.63, 3.8) is 0 Å². The molecule has 1 saturated heterocycles. The number of halogens is 1. The van der Waals surface area contributed by atoms with Crippen molar-refractivity contribution in [2.75, 3.05) is 27.2 Å². The zero-order valence-electron chi connectivity index (χ0n) is 11.5. The van der Waals surface area contributed by atoms with Crippen LogP contribution in [0, 0.1) is 12.8 Å². The molecule has 1 N–H and O–H groups in total. The summed E-state index contributed by atoms with van der Waals surface area (Å²) in [5.41, 5.74) is 2.87. The molecule has 0 spiro atoms. The minimum atomic E-state index is 0.532. The second-order valence-electron chi connectivity index (χ2n) is 5.50. The first-order chi connectivity index (χ1) is 8.59. The Kier molecular flexibility index (Phi) is 4.82. The minimum absolute atomic E-state index is 0.532. The summed E-state index contributed by atoms with van der Waals surface area (Å²) in [6, 6.07) is 7.18. The lowest BCUT2D eigenvalue weighted by Crippen LogP contribution is -2.36. The topological polar surface area (TPSA) is 15.3 Å². The van der Waals surface area contributed by atoms with E-state index in [-0.39, 0.29) is 0 Å². The third-order valence-electron chi connectivity index (χ3n) is 3.95. The normalized spacial score (nSPS) is 19.2. The lowest BCUT2D eigenvalue weighted by atomic mass is 9.84. The summed E-state index contributed by atoms with van der Waals surface area (Å²) in [6.45, 7) is 4.53. The van der Waals surface area contributed by atoms with Crippen LogP contribution in [0.5, 0.6) is 0 Å². The van der Waals surface area contributed by atoms with Crippen molar-refractivity contribution in [1.29, 1.82) is 0 Å². The monoisotopic (exact) mass is 310 g/mol. The van der Waals surface area contributed by atoms with Gasteiger partial charge in [0.1, 0.15) is 0 Å². The second-order valence-corrected chi connectivity index (χ2v) is 6.41. The number of aryl methyl sites for hydroxylation is 1. The number of nitrogens with one attached hydrogen (secondary N) is 1. The molecule has 0 bridgehead atoms. The van der Waals surface area contributed by atoms with E-state index in [1.807, 2.05) is 0 Å². The molecule has 1 fully saturated rings. The van der Waals surface area contributed by atoms with Crippen LogP contribution in [-0.4, -0.2) is 32.1 Å². The molecule has 0 saturated carbocycles. The number of hydrogen-bond acceptors (Lipinski definition) is 2. The largest absolute Gasteiger partial charge is 0.317 e. The summed E-state index contributed by atoms with van der Waals surface area (Å²) in [4.78, 5) is 2.38. The summed E-state index contributed by atoms with van der Waals surface area (Å²) in [6.07, 6.45) is 2.55. The highest BCUT2D eigenvalue weighted by Crippen LogP contribution is 2.35. The highest BCUT2D eigenvalue weighted by atomic mass is 79.9. The van der Waals surface area contributed by atoms with Gasteiger partial charge in [-0.2, -0.15) is 0 Å². The van der Waals surface area contributed by atoms with Crippen LogP contribution in [-0.2, 0) is 0 Å². The van der Waals surface area contributed by atoms with E-state index in [0.717, 1.165) is 19.0 Å². The molecule has 0 amide bonds. The van der Waals surface area contributed by atoms with E-state index in [2.05, 4.69) is 65.4 Å². The highest BCUT2D eigenvalue weighted by Gasteiger charge is 2.27. The maximum Gasteiger partial charge on any atom is 0.0374 e. The molecule has 100 valence electrons. The molecule has 0 radical (unpaired) electrons. The molecule has 0 aliphatic carbocycles. The molecule has 1 unspecified atom stereocenters. The van der Waals surface area contributed by atoms with Crippen LogP contribution in [0.1, 0.15) is 30.0 Å². The van der Waals surface area contributed by atoms with E-state index >= 15 is 0 Å². The first-order valence-corrected chi connectivity index (χ1v) is 7.52. The van der Waals surface area contributed by atoms with Gasteiger partial charge in [-0.05, 0) is 76.1 Å². The number of piperidine rings is 1. The lowest BCUT2D eigenvalue weighted by molar-refractivity contribution is 0.177. The van der Waals surface area contributed by atoms with Crippen molar-refractivity contribution in [3.8, 4) is 0 Å². The maximum absolute atomic E-state index is 3.61. The van der Waals surface area contributed by atoms with E-state index in [0.29, 0.717) is 6.04 Å². The predicted octanol–water partition coefficient (Wildman–Crippen LogP) is 3.36. The van der Waals surface area contributed by atoms with Crippen LogP contribution < -0.4 is 5.32 Å². The summed E-state index contributed by atoms with van der Waals surface area (Å²) < 4.78 is 1.18. The summed E-state index contributed by atoms with van der Waals surface area (Å²) in [7, 11) is 4.40. The number of rotatable bonds is 3. The highest BCUT2D eigenvalue weighted by molar-refractivity contribution is 9.10. The molecular formula is C15H23BrN2. The van der Waals surface area contributed by atoms with E-state index < -0.39 is 0 Å². The molecular weight excluding hydrogens is 288 g/mol. The molecule has 1 aromatic carbocycles. The van der Waals surface area contributed by atoms with Crippen LogP contribution in [0.15, 0.2) is 22.7 Å². The van der Waals surface area contributed by atoms with Gasteiger partial charge < -0.3 is 10.2 Å². The van der Waals surface area contributed by atoms with Gasteiger partial charge in [-0.3, -0.25) is 0 Å². The molecule has 1 aliphatic heterocycles. The molecule has 18 heavy (non-hydrogen) atoms. The van der Waals surface area contributed by atoms with Crippen molar-refractivity contribution in [1.82, 2.24) is 10.2 Å². The number of benzene rings is 1. The van der Waals surface area contributed by atoms with E-state index in [9.17, 15) is 0 Å². The van der Waals surface area contributed by atoms with E-state index in [1.54, 1.807) is 0 Å². The van der Waals surface area contributed by atoms with Crippen molar-refractivity contribution >= 4 is 15.9 Å². The quantitative estimate of drug-likeness (QED) is 0.921. The van der Waals surface area contributed by atoms with Gasteiger partial charge in [0.25, 0.3) is 0 Å². The second kappa shape index (κ2) is 6.18. The van der Waals surface area contributed by atoms with Crippen molar-refractivity contribution in [2.45, 2.75) is 25.8 Å². The van der Waals surface area contributed by atoms with Crippen molar-refractivity contribution in [2.24, 2.45) is 5.92 Å². The first kappa shape index (κ1) is 14.0. The molecule has 3 heteroatoms. The third kappa shape index (κ3) is 3.14. The maximum atomic E-state index is 3.61. The van der Waals surface area contributed by atoms with Gasteiger partial charge in [-0.25, -0.2) is 0 Å². The zero-order valence-corrected chi connectivity index (χ0v) is 13.1. The van der Waals surface area contributed by atoms with Gasteiger partial charge in [0, 0.05) is 10.5 Å². The van der Waals surface area contributed by atoms with Gasteiger partial charge in [0.2, 0.25) is 0 Å². The number of hydrogen-bond donors (Lipinski definition) is 1. The molecule has 2 rings (SSSR count). The van der Waals surface area contributed by atoms with Crippen LogP contribution >= 0.6 is 15.9 Å². The van der Waals surface area contributed by atoms with Gasteiger partial charge in [-0.1, -0.05) is 22.0 Å². The Balaban J connectivity index is 2.31. The van der Waals surface area contributed by atoms with Crippen LogP contribution in [0.4, 0.5) is 0 Å². The van der Waals surface area contributed by atoms with Crippen LogP contribution in [0.2, 0.25) is 0 Å². The fourth-order valence-corrected chi connectivity index (χ4v) is 3.42. The predicted molar refractivity (Wildman–Crippen MR) is 80.9 cm³/mol. The molecule has 0 aromatic heterocycles. The number of nitrogens with zero attached hydrogens (tertiary/aromatic N) is 1. The fourth-order valence-electron chi connectivity index (χ4n) is 3.04. The van der Waals surface area contributed by atoms with Crippen LogP contribution in [0.25, 0.3) is 0 Å². The fraction of sp³-hybridized carbons (Fsp3) is 0.600. The molecule has 1 atom stereocenters. The minimum Gasteiger partial charge on any atom is -0.317 e. The van der Waals surface area contributed by atoms with Gasteiger partial charge >= 0.3 is 0 Å². The van der Waals surface area contributed by atoms with Crippen molar-refractivity contribution in [3.05, 3.63) is 33.8 Å². The molecule has 1 aliphatic rings. The molecule has 1 heterocycles. The SMILES string of the molecule is Cc1ccc(Br)cc1C(C1CCNCC1)N(C)C. The van der Waals surface area contributed by atoms with Gasteiger partial charge in [0.05, 0.1) is 0 Å². The Morgan fingerprint density at radius 1 is 1.28 bits per heavy atom. The first-order valence-electron chi connectivity index (χ1n) is 6.73. The Morgan fingerprint density at radius 3 is 2.56 bits per heavy atom. The van der Waals surface area contributed by atoms with Gasteiger partial charge in [0.15, 0.2) is 0 Å². The smallest absolute Gasteiger partial charge is 0.0374 e. The summed E-state index contributed by atoms with van der Waals surface area (Å²) in [5.74, 6) is 0.759. The van der Waals surface area contributed by atoms with E-state index in [1.165, 1.54) is 28.4 Å². The van der Waals surface area contributed by atoms with E-state index in [4.69, 9.17) is 0 Å². The Bertz CT molecular complexity index is 397. The Morgan fingerprint density at radius 2 is 1.94 bits per heavy atom. The summed E-state index contributed by atoms with van der Waals surface area (Å²) >= 11 is 3.61. The van der Waals surface area contributed by atoms with Crippen molar-refractivity contribution < 1.29 is 0 Å². The zero-order chi connectivity index (χ0) is 13.1. The molecule has 2 nitrogen and oxygen atoms in total. The lowest BCUT2D eigenvalue weighted by Gasteiger charge is -2.36. The average molecular weight is 311 g/mol. The molecule has 1 aromatic rings. The van der Waals surface area contributed by atoms with Crippen LogP contribution in [0.3, 0.4) is 0 Å². The van der Waals surface area contributed by atoms with Gasteiger partial charge in [-0.15, -0.1) is 0 Å². The Labute approximate surface area is 119 Å². The summed E-state index contributed by atoms with van der Waals surface area (Å²) in [5, 5.41) is 3.46. The average Bonchev–Trinajstić information content (AvgIpc) is 2.35. The standard InChI is InChI=1S/C15H23BrN2/c1-11-4-5-13(16)10-14(11)15(18(2)3)12-6-8-17-9-7-12/h4-5,10,12,15,17H,6-9H2,1-3H3.